The summed E-state index contributed by atoms with van der Waals surface area (Å²) in [6.45, 7) is 2.42. The minimum absolute atomic E-state index is 0.201. The van der Waals surface area contributed by atoms with E-state index in [4.69, 9.17) is 21.1 Å². The third-order valence-corrected chi connectivity index (χ3v) is 4.01. The first-order valence-corrected chi connectivity index (χ1v) is 7.82. The summed E-state index contributed by atoms with van der Waals surface area (Å²) >= 11 is 6.09. The van der Waals surface area contributed by atoms with E-state index in [1.54, 1.807) is 24.3 Å². The van der Waals surface area contributed by atoms with Gasteiger partial charge in [0.2, 0.25) is 0 Å². The van der Waals surface area contributed by atoms with Crippen molar-refractivity contribution in [1.29, 1.82) is 0 Å². The number of esters is 1. The summed E-state index contributed by atoms with van der Waals surface area (Å²) in [5.41, 5.74) is 3.04. The average molecular weight is 342 g/mol. The van der Waals surface area contributed by atoms with E-state index in [2.05, 4.69) is 4.98 Å². The number of ether oxygens (including phenoxy) is 2. The second-order valence-corrected chi connectivity index (χ2v) is 5.81. The molecular weight excluding hydrogens is 326 g/mol. The molecule has 2 aromatic carbocycles. The number of aryl methyl sites for hydroxylation is 1. The molecule has 1 aromatic heterocycles. The van der Waals surface area contributed by atoms with Crippen LogP contribution in [-0.2, 0) is 11.3 Å². The van der Waals surface area contributed by atoms with E-state index in [1.807, 2.05) is 31.2 Å². The van der Waals surface area contributed by atoms with Gasteiger partial charge < -0.3 is 9.47 Å². The topological polar surface area (TPSA) is 48.4 Å². The van der Waals surface area contributed by atoms with Crippen LogP contribution in [0.1, 0.15) is 21.6 Å². The minimum Gasteiger partial charge on any atom is -0.488 e. The molecular formula is C19H16ClNO3. The molecule has 0 bridgehead atoms. The van der Waals surface area contributed by atoms with Crippen molar-refractivity contribution in [2.75, 3.05) is 7.11 Å². The molecule has 0 atom stereocenters. The number of methoxy groups -OCH3 is 1. The van der Waals surface area contributed by atoms with E-state index >= 15 is 0 Å². The molecule has 0 radical (unpaired) electrons. The van der Waals surface area contributed by atoms with E-state index in [-0.39, 0.29) is 5.69 Å². The molecule has 0 aliphatic rings. The number of pyridine rings is 1. The van der Waals surface area contributed by atoms with Crippen LogP contribution in [0.5, 0.6) is 5.75 Å². The van der Waals surface area contributed by atoms with Crippen LogP contribution in [0.3, 0.4) is 0 Å². The Morgan fingerprint density at radius 1 is 1.17 bits per heavy atom. The van der Waals surface area contributed by atoms with E-state index in [1.165, 1.54) is 7.11 Å². The summed E-state index contributed by atoms with van der Waals surface area (Å²) in [4.78, 5) is 16.1. The number of carbonyl (C=O) groups excluding carboxylic acids is 1. The van der Waals surface area contributed by atoms with Crippen LogP contribution in [-0.4, -0.2) is 18.1 Å². The van der Waals surface area contributed by atoms with Crippen LogP contribution in [0.25, 0.3) is 10.9 Å². The van der Waals surface area contributed by atoms with Crippen molar-refractivity contribution < 1.29 is 14.3 Å². The second-order valence-electron chi connectivity index (χ2n) is 5.37. The van der Waals surface area contributed by atoms with Gasteiger partial charge in [-0.2, -0.15) is 0 Å². The van der Waals surface area contributed by atoms with Gasteiger partial charge in [-0.15, -0.1) is 0 Å². The molecule has 122 valence electrons. The maximum Gasteiger partial charge on any atom is 0.356 e. The Hall–Kier alpha value is -2.59. The molecule has 3 rings (SSSR count). The van der Waals surface area contributed by atoms with Crippen LogP contribution in [0.4, 0.5) is 0 Å². The van der Waals surface area contributed by atoms with Gasteiger partial charge in [0.25, 0.3) is 0 Å². The molecule has 0 saturated carbocycles. The van der Waals surface area contributed by atoms with E-state index < -0.39 is 5.97 Å². The predicted molar refractivity (Wildman–Crippen MR) is 93.6 cm³/mol. The molecule has 0 amide bonds. The van der Waals surface area contributed by atoms with Crippen molar-refractivity contribution in [3.63, 3.8) is 0 Å². The quantitative estimate of drug-likeness (QED) is 0.652. The number of halogens is 1. The summed E-state index contributed by atoms with van der Waals surface area (Å²) in [6.07, 6.45) is 0. The molecule has 0 aliphatic carbocycles. The normalized spacial score (nSPS) is 10.6. The molecule has 3 aromatic rings. The lowest BCUT2D eigenvalue weighted by Crippen LogP contribution is -2.06. The SMILES string of the molecule is COC(=O)c1cc(OCc2ccccc2C)c2cc(Cl)ccc2n1. The van der Waals surface area contributed by atoms with Crippen LogP contribution < -0.4 is 4.74 Å². The Morgan fingerprint density at radius 3 is 2.71 bits per heavy atom. The highest BCUT2D eigenvalue weighted by atomic mass is 35.5. The van der Waals surface area contributed by atoms with Crippen molar-refractivity contribution in [2.24, 2.45) is 0 Å². The lowest BCUT2D eigenvalue weighted by molar-refractivity contribution is 0.0594. The lowest BCUT2D eigenvalue weighted by atomic mass is 10.1. The number of benzene rings is 2. The zero-order valence-electron chi connectivity index (χ0n) is 13.4. The third-order valence-electron chi connectivity index (χ3n) is 3.77. The molecule has 5 heteroatoms. The smallest absolute Gasteiger partial charge is 0.356 e. The van der Waals surface area contributed by atoms with Gasteiger partial charge in [-0.1, -0.05) is 35.9 Å². The molecule has 0 aliphatic heterocycles. The van der Waals surface area contributed by atoms with Crippen LogP contribution >= 0.6 is 11.6 Å². The first-order chi connectivity index (χ1) is 11.6. The van der Waals surface area contributed by atoms with Gasteiger partial charge in [0.15, 0.2) is 5.69 Å². The molecule has 4 nitrogen and oxygen atoms in total. The fraction of sp³-hybridized carbons (Fsp3) is 0.158. The van der Waals surface area contributed by atoms with Gasteiger partial charge in [-0.25, -0.2) is 9.78 Å². The fourth-order valence-corrected chi connectivity index (χ4v) is 2.60. The number of fused-ring (bicyclic) bond motifs is 1. The number of carbonyl (C=O) groups is 1. The monoisotopic (exact) mass is 341 g/mol. The van der Waals surface area contributed by atoms with Gasteiger partial charge in [-0.05, 0) is 36.2 Å². The van der Waals surface area contributed by atoms with Crippen LogP contribution in [0.2, 0.25) is 5.02 Å². The largest absolute Gasteiger partial charge is 0.488 e. The minimum atomic E-state index is -0.507. The second kappa shape index (κ2) is 6.89. The Labute approximate surface area is 145 Å². The summed E-state index contributed by atoms with van der Waals surface area (Å²) in [5.74, 6) is 0.0405. The zero-order valence-corrected chi connectivity index (χ0v) is 14.1. The van der Waals surface area contributed by atoms with Crippen molar-refractivity contribution in [1.82, 2.24) is 4.98 Å². The fourth-order valence-electron chi connectivity index (χ4n) is 2.42. The van der Waals surface area contributed by atoms with Gasteiger partial charge in [0.1, 0.15) is 12.4 Å². The molecule has 0 unspecified atom stereocenters. The molecule has 0 spiro atoms. The summed E-state index contributed by atoms with van der Waals surface area (Å²) < 4.78 is 10.7. The number of hydrogen-bond donors (Lipinski definition) is 0. The maximum absolute atomic E-state index is 11.8. The Kier molecular flexibility index (Phi) is 4.67. The molecule has 0 saturated heterocycles. The van der Waals surface area contributed by atoms with E-state index in [0.29, 0.717) is 22.9 Å². The van der Waals surface area contributed by atoms with Gasteiger partial charge in [0, 0.05) is 16.5 Å². The Morgan fingerprint density at radius 2 is 1.96 bits per heavy atom. The van der Waals surface area contributed by atoms with Gasteiger partial charge in [-0.3, -0.25) is 0 Å². The lowest BCUT2D eigenvalue weighted by Gasteiger charge is -2.12. The van der Waals surface area contributed by atoms with Crippen molar-refractivity contribution in [3.05, 3.63) is 70.4 Å². The summed E-state index contributed by atoms with van der Waals surface area (Å²) in [5, 5.41) is 1.33. The number of rotatable bonds is 4. The maximum atomic E-state index is 11.8. The molecule has 0 fully saturated rings. The first-order valence-electron chi connectivity index (χ1n) is 7.44. The average Bonchev–Trinajstić information content (AvgIpc) is 2.60. The number of aromatic nitrogens is 1. The van der Waals surface area contributed by atoms with E-state index in [0.717, 1.165) is 16.5 Å². The number of nitrogens with zero attached hydrogens (tertiary/aromatic N) is 1. The Balaban J connectivity index is 2.02. The van der Waals surface area contributed by atoms with Crippen LogP contribution in [0.15, 0.2) is 48.5 Å². The Bertz CT molecular complexity index is 908. The molecule has 24 heavy (non-hydrogen) atoms. The summed E-state index contributed by atoms with van der Waals surface area (Å²) in [7, 11) is 1.32. The van der Waals surface area contributed by atoms with Gasteiger partial charge >= 0.3 is 5.97 Å². The van der Waals surface area contributed by atoms with Crippen molar-refractivity contribution in [3.8, 4) is 5.75 Å². The highest BCUT2D eigenvalue weighted by molar-refractivity contribution is 6.31. The molecule has 1 heterocycles. The third kappa shape index (κ3) is 3.34. The highest BCUT2D eigenvalue weighted by Gasteiger charge is 2.14. The van der Waals surface area contributed by atoms with Crippen LogP contribution in [0, 0.1) is 6.92 Å². The number of hydrogen-bond acceptors (Lipinski definition) is 4. The van der Waals surface area contributed by atoms with Crippen molar-refractivity contribution in [2.45, 2.75) is 13.5 Å². The van der Waals surface area contributed by atoms with Gasteiger partial charge in [0.05, 0.1) is 12.6 Å². The predicted octanol–water partition coefficient (Wildman–Crippen LogP) is 4.56. The zero-order chi connectivity index (χ0) is 17.1. The molecule has 0 N–H and O–H groups in total. The van der Waals surface area contributed by atoms with E-state index in [9.17, 15) is 4.79 Å². The van der Waals surface area contributed by atoms with Crippen molar-refractivity contribution >= 4 is 28.5 Å². The first kappa shape index (κ1) is 16.3. The highest BCUT2D eigenvalue weighted by Crippen LogP contribution is 2.29. The standard InChI is InChI=1S/C19H16ClNO3/c1-12-5-3-4-6-13(12)11-24-18-10-17(19(22)23-2)21-16-8-7-14(20)9-15(16)18/h3-10H,11H2,1-2H3. The summed E-state index contributed by atoms with van der Waals surface area (Å²) in [6, 6.07) is 14.8.